The highest BCUT2D eigenvalue weighted by Gasteiger charge is 2.33. The Labute approximate surface area is 95.0 Å². The highest BCUT2D eigenvalue weighted by Crippen LogP contribution is 2.40. The average molecular weight is 238 g/mol. The molecular weight excluding hydrogens is 217 g/mol. The van der Waals surface area contributed by atoms with Crippen molar-refractivity contribution in [3.8, 4) is 0 Å². The minimum atomic E-state index is -4.14. The quantitative estimate of drug-likeness (QED) is 0.790. The molecule has 1 saturated carbocycles. The van der Waals surface area contributed by atoms with Gasteiger partial charge in [0.05, 0.1) is 6.10 Å². The van der Waals surface area contributed by atoms with Crippen LogP contribution in [0, 0.1) is 11.3 Å². The lowest BCUT2D eigenvalue weighted by molar-refractivity contribution is -0.142. The summed E-state index contributed by atoms with van der Waals surface area (Å²) in [7, 11) is 0. The molecule has 0 aliphatic heterocycles. The van der Waals surface area contributed by atoms with Crippen LogP contribution in [0.15, 0.2) is 0 Å². The molecule has 1 N–H and O–H groups in total. The number of hydrogen-bond acceptors (Lipinski definition) is 1. The molecule has 1 atom stereocenters. The molecule has 16 heavy (non-hydrogen) atoms. The second kappa shape index (κ2) is 4.94. The summed E-state index contributed by atoms with van der Waals surface area (Å²) in [5, 5.41) is 9.71. The smallest absolute Gasteiger partial charge is 0.389 e. The number of halogens is 3. The highest BCUT2D eigenvalue weighted by molar-refractivity contribution is 4.82. The van der Waals surface area contributed by atoms with E-state index in [-0.39, 0.29) is 12.3 Å². The molecule has 0 spiro atoms. The predicted octanol–water partition coefficient (Wildman–Crippen LogP) is 3.91. The Morgan fingerprint density at radius 3 is 2.19 bits per heavy atom. The largest absolute Gasteiger partial charge is 0.393 e. The molecular formula is C12H21F3O. The van der Waals surface area contributed by atoms with Crippen LogP contribution in [0.4, 0.5) is 13.2 Å². The number of rotatable bonds is 3. The van der Waals surface area contributed by atoms with Crippen LogP contribution < -0.4 is 0 Å². The van der Waals surface area contributed by atoms with E-state index in [0.29, 0.717) is 5.41 Å². The Morgan fingerprint density at radius 1 is 1.25 bits per heavy atom. The van der Waals surface area contributed by atoms with E-state index < -0.39 is 18.7 Å². The summed E-state index contributed by atoms with van der Waals surface area (Å²) in [6.07, 6.45) is -2.23. The van der Waals surface area contributed by atoms with Crippen molar-refractivity contribution in [2.45, 2.75) is 64.7 Å². The van der Waals surface area contributed by atoms with Crippen LogP contribution in [-0.4, -0.2) is 17.4 Å². The molecule has 1 nitrogen and oxygen atoms in total. The highest BCUT2D eigenvalue weighted by atomic mass is 19.4. The lowest BCUT2D eigenvalue weighted by Crippen LogP contribution is -2.30. The fourth-order valence-electron chi connectivity index (χ4n) is 2.35. The summed E-state index contributed by atoms with van der Waals surface area (Å²) in [5.41, 5.74) is 0.292. The average Bonchev–Trinajstić information content (AvgIpc) is 2.13. The molecule has 1 rings (SSSR count). The number of alkyl halides is 3. The van der Waals surface area contributed by atoms with Crippen molar-refractivity contribution in [3.63, 3.8) is 0 Å². The Bertz CT molecular complexity index is 213. The van der Waals surface area contributed by atoms with Crippen LogP contribution in [-0.2, 0) is 0 Å². The van der Waals surface area contributed by atoms with Gasteiger partial charge in [0.2, 0.25) is 0 Å². The third-order valence-corrected chi connectivity index (χ3v) is 3.65. The maximum absolute atomic E-state index is 12.0. The SMILES string of the molecule is CC1(C)CCC(C(O)CCC(F)(F)F)CC1. The van der Waals surface area contributed by atoms with Crippen molar-refractivity contribution < 1.29 is 18.3 Å². The van der Waals surface area contributed by atoms with E-state index in [2.05, 4.69) is 13.8 Å². The summed E-state index contributed by atoms with van der Waals surface area (Å²) in [6, 6.07) is 0. The van der Waals surface area contributed by atoms with E-state index in [4.69, 9.17) is 0 Å². The van der Waals surface area contributed by atoms with Gasteiger partial charge < -0.3 is 5.11 Å². The molecule has 0 radical (unpaired) electrons. The molecule has 0 heterocycles. The minimum absolute atomic E-state index is 0.0652. The predicted molar refractivity (Wildman–Crippen MR) is 57.0 cm³/mol. The van der Waals surface area contributed by atoms with Crippen LogP contribution in [0.1, 0.15) is 52.4 Å². The first-order valence-electron chi connectivity index (χ1n) is 5.94. The van der Waals surface area contributed by atoms with Gasteiger partial charge in [-0.3, -0.25) is 0 Å². The fourth-order valence-corrected chi connectivity index (χ4v) is 2.35. The van der Waals surface area contributed by atoms with Crippen molar-refractivity contribution in [1.82, 2.24) is 0 Å². The zero-order chi connectivity index (χ0) is 12.4. The van der Waals surface area contributed by atoms with Crippen molar-refractivity contribution >= 4 is 0 Å². The first kappa shape index (κ1) is 13.8. The monoisotopic (exact) mass is 238 g/mol. The van der Waals surface area contributed by atoms with Crippen LogP contribution >= 0.6 is 0 Å². The van der Waals surface area contributed by atoms with Crippen molar-refractivity contribution in [2.24, 2.45) is 11.3 Å². The summed E-state index contributed by atoms with van der Waals surface area (Å²) in [5.74, 6) is 0.0652. The second-order valence-corrected chi connectivity index (χ2v) is 5.72. The van der Waals surface area contributed by atoms with E-state index >= 15 is 0 Å². The van der Waals surface area contributed by atoms with Gasteiger partial charge in [0.15, 0.2) is 0 Å². The fraction of sp³-hybridized carbons (Fsp3) is 1.00. The third-order valence-electron chi connectivity index (χ3n) is 3.65. The summed E-state index contributed by atoms with van der Waals surface area (Å²) < 4.78 is 36.0. The summed E-state index contributed by atoms with van der Waals surface area (Å²) in [4.78, 5) is 0. The van der Waals surface area contributed by atoms with Crippen LogP contribution in [0.2, 0.25) is 0 Å². The first-order chi connectivity index (χ1) is 7.20. The van der Waals surface area contributed by atoms with E-state index in [1.165, 1.54) is 0 Å². The maximum Gasteiger partial charge on any atom is 0.389 e. The van der Waals surface area contributed by atoms with E-state index in [1.807, 2.05) is 0 Å². The Kier molecular flexibility index (Phi) is 4.27. The van der Waals surface area contributed by atoms with Crippen LogP contribution in [0.3, 0.4) is 0 Å². The van der Waals surface area contributed by atoms with Gasteiger partial charge in [-0.1, -0.05) is 13.8 Å². The number of aliphatic hydroxyl groups excluding tert-OH is 1. The van der Waals surface area contributed by atoms with Crippen molar-refractivity contribution in [1.29, 1.82) is 0 Å². The minimum Gasteiger partial charge on any atom is -0.393 e. The molecule has 1 aliphatic rings. The molecule has 0 aromatic carbocycles. The van der Waals surface area contributed by atoms with E-state index in [9.17, 15) is 18.3 Å². The molecule has 0 aromatic rings. The third kappa shape index (κ3) is 4.73. The van der Waals surface area contributed by atoms with Crippen molar-refractivity contribution in [3.05, 3.63) is 0 Å². The zero-order valence-electron chi connectivity index (χ0n) is 9.98. The first-order valence-corrected chi connectivity index (χ1v) is 5.94. The maximum atomic E-state index is 12.0. The normalized spacial score (nSPS) is 24.4. The molecule has 0 bridgehead atoms. The molecule has 0 aromatic heterocycles. The van der Waals surface area contributed by atoms with Gasteiger partial charge in [0, 0.05) is 6.42 Å². The number of hydrogen-bond donors (Lipinski definition) is 1. The molecule has 4 heteroatoms. The Hall–Kier alpha value is -0.250. The second-order valence-electron chi connectivity index (χ2n) is 5.72. The molecule has 1 fully saturated rings. The van der Waals surface area contributed by atoms with Gasteiger partial charge in [0.25, 0.3) is 0 Å². The molecule has 1 aliphatic carbocycles. The Morgan fingerprint density at radius 2 is 1.75 bits per heavy atom. The molecule has 96 valence electrons. The van der Waals surface area contributed by atoms with Gasteiger partial charge in [0.1, 0.15) is 0 Å². The summed E-state index contributed by atoms with van der Waals surface area (Å²) in [6.45, 7) is 4.34. The zero-order valence-corrected chi connectivity index (χ0v) is 9.98. The van der Waals surface area contributed by atoms with Gasteiger partial charge in [-0.15, -0.1) is 0 Å². The van der Waals surface area contributed by atoms with Gasteiger partial charge in [-0.05, 0) is 43.4 Å². The van der Waals surface area contributed by atoms with E-state index in [1.54, 1.807) is 0 Å². The molecule has 1 unspecified atom stereocenters. The van der Waals surface area contributed by atoms with Gasteiger partial charge in [-0.25, -0.2) is 0 Å². The lowest BCUT2D eigenvalue weighted by Gasteiger charge is -2.36. The van der Waals surface area contributed by atoms with E-state index in [0.717, 1.165) is 25.7 Å². The Balaban J connectivity index is 2.31. The summed E-state index contributed by atoms with van der Waals surface area (Å²) >= 11 is 0. The number of aliphatic hydroxyl groups is 1. The molecule has 0 saturated heterocycles. The van der Waals surface area contributed by atoms with Gasteiger partial charge in [-0.2, -0.15) is 13.2 Å². The van der Waals surface area contributed by atoms with Crippen molar-refractivity contribution in [2.75, 3.05) is 0 Å². The topological polar surface area (TPSA) is 20.2 Å². The van der Waals surface area contributed by atoms with Crippen LogP contribution in [0.25, 0.3) is 0 Å². The van der Waals surface area contributed by atoms with Crippen LogP contribution in [0.5, 0.6) is 0 Å². The lowest BCUT2D eigenvalue weighted by atomic mass is 9.71. The van der Waals surface area contributed by atoms with Gasteiger partial charge >= 0.3 is 6.18 Å². The molecule has 0 amide bonds. The standard InChI is InChI=1S/C12H21F3O/c1-11(2)6-3-9(4-7-11)10(16)5-8-12(13,14)15/h9-10,16H,3-8H2,1-2H3.